The summed E-state index contributed by atoms with van der Waals surface area (Å²) in [6.07, 6.45) is 11.6. The van der Waals surface area contributed by atoms with E-state index in [1.165, 1.54) is 17.4 Å². The Morgan fingerprint density at radius 2 is 2.29 bits per heavy atom. The van der Waals surface area contributed by atoms with Gasteiger partial charge in [0.15, 0.2) is 0 Å². The highest BCUT2D eigenvalue weighted by Crippen LogP contribution is 2.39. The Labute approximate surface area is 201 Å². The number of carbonyl (C=O) groups is 2. The molecule has 1 atom stereocenters. The van der Waals surface area contributed by atoms with Crippen molar-refractivity contribution < 1.29 is 14.3 Å². The summed E-state index contributed by atoms with van der Waals surface area (Å²) in [5, 5.41) is 15.8. The van der Waals surface area contributed by atoms with Crippen molar-refractivity contribution in [2.24, 2.45) is 13.0 Å². The number of imidazole rings is 1. The fraction of sp³-hybridized carbons (Fsp3) is 0.292. The molecular formula is C24H24N6O3S. The zero-order valence-corrected chi connectivity index (χ0v) is 19.5. The van der Waals surface area contributed by atoms with Gasteiger partial charge in [0.1, 0.15) is 16.9 Å². The van der Waals surface area contributed by atoms with Crippen molar-refractivity contribution >= 4 is 34.4 Å². The van der Waals surface area contributed by atoms with E-state index in [1.807, 2.05) is 23.9 Å². The first-order valence-corrected chi connectivity index (χ1v) is 11.7. The van der Waals surface area contributed by atoms with Crippen molar-refractivity contribution in [1.29, 1.82) is 5.26 Å². The molecule has 0 saturated heterocycles. The van der Waals surface area contributed by atoms with Crippen LogP contribution in [0.15, 0.2) is 43.0 Å². The molecule has 0 bridgehead atoms. The number of hydrogen-bond acceptors (Lipinski definition) is 7. The van der Waals surface area contributed by atoms with Gasteiger partial charge in [0.25, 0.3) is 0 Å². The molecule has 9 nitrogen and oxygen atoms in total. The van der Waals surface area contributed by atoms with Gasteiger partial charge in [-0.2, -0.15) is 5.26 Å². The van der Waals surface area contributed by atoms with Crippen molar-refractivity contribution in [3.8, 4) is 6.07 Å². The third-order valence-corrected chi connectivity index (χ3v) is 6.76. The SMILES string of the molecule is Cn1ccnc1CNC(=O)OCC1CCc2c(sc(NC(=O)C=Cc3cccnc3)c2C#N)C1. The van der Waals surface area contributed by atoms with Gasteiger partial charge in [0.2, 0.25) is 5.91 Å². The molecular weight excluding hydrogens is 452 g/mol. The smallest absolute Gasteiger partial charge is 0.407 e. The summed E-state index contributed by atoms with van der Waals surface area (Å²) >= 11 is 1.42. The summed E-state index contributed by atoms with van der Waals surface area (Å²) < 4.78 is 7.24. The summed E-state index contributed by atoms with van der Waals surface area (Å²) in [5.41, 5.74) is 2.32. The standard InChI is InChI=1S/C24H24N6O3S/c1-30-10-9-27-21(30)14-28-24(32)33-15-17-4-6-18-19(12-25)23(34-20(18)11-17)29-22(31)7-5-16-3-2-8-26-13-16/h2-3,5,7-10,13,17H,4,6,11,14-15H2,1H3,(H,28,32)(H,29,31). The number of fused-ring (bicyclic) bond motifs is 1. The van der Waals surface area contributed by atoms with E-state index < -0.39 is 6.09 Å². The molecule has 1 unspecified atom stereocenters. The van der Waals surface area contributed by atoms with Crippen molar-refractivity contribution in [2.75, 3.05) is 11.9 Å². The Kier molecular flexibility index (Phi) is 7.34. The number of anilines is 1. The van der Waals surface area contributed by atoms with Crippen molar-refractivity contribution in [1.82, 2.24) is 19.9 Å². The third-order valence-electron chi connectivity index (χ3n) is 5.59. The fourth-order valence-electron chi connectivity index (χ4n) is 3.77. The molecule has 0 aromatic carbocycles. The Morgan fingerprint density at radius 3 is 3.03 bits per heavy atom. The van der Waals surface area contributed by atoms with Crippen LogP contribution in [0, 0.1) is 17.2 Å². The number of thiophene rings is 1. The highest BCUT2D eigenvalue weighted by atomic mass is 32.1. The van der Waals surface area contributed by atoms with Crippen LogP contribution in [-0.2, 0) is 36.0 Å². The van der Waals surface area contributed by atoms with Crippen molar-refractivity contribution in [2.45, 2.75) is 25.8 Å². The number of carbonyl (C=O) groups excluding carboxylic acids is 2. The second-order valence-corrected chi connectivity index (χ2v) is 9.05. The van der Waals surface area contributed by atoms with E-state index in [-0.39, 0.29) is 11.8 Å². The minimum Gasteiger partial charge on any atom is -0.449 e. The summed E-state index contributed by atoms with van der Waals surface area (Å²) in [4.78, 5) is 33.7. The summed E-state index contributed by atoms with van der Waals surface area (Å²) in [5.74, 6) is 0.598. The minimum atomic E-state index is -0.481. The number of alkyl carbamates (subject to hydrolysis) is 1. The molecule has 1 aliphatic carbocycles. The zero-order valence-electron chi connectivity index (χ0n) is 18.7. The molecule has 2 amide bonds. The largest absolute Gasteiger partial charge is 0.449 e. The van der Waals surface area contributed by atoms with E-state index in [0.717, 1.165) is 28.2 Å². The molecule has 2 N–H and O–H groups in total. The number of aryl methyl sites for hydroxylation is 1. The number of rotatable bonds is 7. The number of nitrogens with zero attached hydrogens (tertiary/aromatic N) is 4. The number of nitriles is 1. The van der Waals surface area contributed by atoms with E-state index in [4.69, 9.17) is 4.74 Å². The fourth-order valence-corrected chi connectivity index (χ4v) is 5.08. The molecule has 174 valence electrons. The summed E-state index contributed by atoms with van der Waals surface area (Å²) in [6.45, 7) is 0.590. The van der Waals surface area contributed by atoms with E-state index in [1.54, 1.807) is 30.7 Å². The lowest BCUT2D eigenvalue weighted by Crippen LogP contribution is -2.28. The maximum absolute atomic E-state index is 12.4. The van der Waals surface area contributed by atoms with E-state index in [2.05, 4.69) is 26.7 Å². The van der Waals surface area contributed by atoms with E-state index in [0.29, 0.717) is 36.6 Å². The first-order valence-electron chi connectivity index (χ1n) is 10.8. The van der Waals surface area contributed by atoms with Crippen LogP contribution in [0.5, 0.6) is 0 Å². The minimum absolute atomic E-state index is 0.158. The molecule has 3 aromatic rings. The van der Waals surface area contributed by atoms with Crippen LogP contribution in [0.3, 0.4) is 0 Å². The van der Waals surface area contributed by atoms with Crippen molar-refractivity contribution in [3.05, 3.63) is 70.4 Å². The molecule has 4 rings (SSSR count). The molecule has 0 radical (unpaired) electrons. The van der Waals surface area contributed by atoms with Crippen molar-refractivity contribution in [3.63, 3.8) is 0 Å². The zero-order chi connectivity index (χ0) is 23.9. The van der Waals surface area contributed by atoms with Crippen LogP contribution < -0.4 is 10.6 Å². The molecule has 3 heterocycles. The maximum Gasteiger partial charge on any atom is 0.407 e. The van der Waals surface area contributed by atoms with Gasteiger partial charge < -0.3 is 19.9 Å². The van der Waals surface area contributed by atoms with Crippen LogP contribution in [0.25, 0.3) is 6.08 Å². The molecule has 3 aromatic heterocycles. The van der Waals surface area contributed by atoms with Gasteiger partial charge in [-0.15, -0.1) is 11.3 Å². The molecule has 0 aliphatic heterocycles. The average molecular weight is 477 g/mol. The second kappa shape index (κ2) is 10.8. The Morgan fingerprint density at radius 1 is 1.41 bits per heavy atom. The highest BCUT2D eigenvalue weighted by Gasteiger charge is 2.27. The Hall–Kier alpha value is -3.97. The summed E-state index contributed by atoms with van der Waals surface area (Å²) in [6, 6.07) is 5.89. The van der Waals surface area contributed by atoms with Gasteiger partial charge >= 0.3 is 6.09 Å². The maximum atomic E-state index is 12.4. The van der Waals surface area contributed by atoms with Crippen LogP contribution in [-0.4, -0.2) is 33.1 Å². The number of hydrogen-bond donors (Lipinski definition) is 2. The van der Waals surface area contributed by atoms with E-state index >= 15 is 0 Å². The predicted molar refractivity (Wildman–Crippen MR) is 128 cm³/mol. The quantitative estimate of drug-likeness (QED) is 0.504. The van der Waals surface area contributed by atoms with Crippen LogP contribution >= 0.6 is 11.3 Å². The molecule has 1 aliphatic rings. The molecule has 0 saturated carbocycles. The molecule has 34 heavy (non-hydrogen) atoms. The lowest BCUT2D eigenvalue weighted by Gasteiger charge is -2.21. The normalized spacial score (nSPS) is 14.9. The van der Waals surface area contributed by atoms with Crippen LogP contribution in [0.4, 0.5) is 9.80 Å². The second-order valence-electron chi connectivity index (χ2n) is 7.94. The lowest BCUT2D eigenvalue weighted by atomic mass is 9.88. The summed E-state index contributed by atoms with van der Waals surface area (Å²) in [7, 11) is 1.86. The van der Waals surface area contributed by atoms with Gasteiger partial charge in [-0.3, -0.25) is 9.78 Å². The van der Waals surface area contributed by atoms with E-state index in [9.17, 15) is 14.9 Å². The van der Waals surface area contributed by atoms with Gasteiger partial charge in [-0.25, -0.2) is 9.78 Å². The predicted octanol–water partition coefficient (Wildman–Crippen LogP) is 3.43. The van der Waals surface area contributed by atoms with Gasteiger partial charge in [0, 0.05) is 42.8 Å². The van der Waals surface area contributed by atoms with Crippen LogP contribution in [0.2, 0.25) is 0 Å². The van der Waals surface area contributed by atoms with Crippen LogP contribution in [0.1, 0.15) is 33.8 Å². The average Bonchev–Trinajstić information content (AvgIpc) is 3.42. The molecule has 10 heteroatoms. The molecule has 0 spiro atoms. The number of nitrogens with one attached hydrogen (secondary N) is 2. The van der Waals surface area contributed by atoms with Gasteiger partial charge in [0.05, 0.1) is 18.7 Å². The number of pyridine rings is 1. The third kappa shape index (κ3) is 5.68. The number of aromatic nitrogens is 3. The first-order chi connectivity index (χ1) is 16.5. The number of ether oxygens (including phenoxy) is 1. The first kappa shape index (κ1) is 23.2. The van der Waals surface area contributed by atoms with Gasteiger partial charge in [-0.1, -0.05) is 6.07 Å². The Balaban J connectivity index is 1.31. The van der Waals surface area contributed by atoms with Gasteiger partial charge in [-0.05, 0) is 48.4 Å². The Bertz CT molecular complexity index is 1240. The lowest BCUT2D eigenvalue weighted by molar-refractivity contribution is -0.111. The topological polar surface area (TPSA) is 122 Å². The molecule has 0 fully saturated rings. The number of amides is 2. The highest BCUT2D eigenvalue weighted by molar-refractivity contribution is 7.16. The monoisotopic (exact) mass is 476 g/mol.